The van der Waals surface area contributed by atoms with E-state index in [0.29, 0.717) is 0 Å². The maximum absolute atomic E-state index is 6.06. The van der Waals surface area contributed by atoms with Crippen LogP contribution in [0.2, 0.25) is 0 Å². The van der Waals surface area contributed by atoms with E-state index >= 15 is 0 Å². The maximum Gasteiger partial charge on any atom is 0.0772 e. The molecule has 78 valence electrons. The zero-order valence-corrected chi connectivity index (χ0v) is 9.24. The monoisotopic (exact) mass is 220 g/mol. The van der Waals surface area contributed by atoms with Crippen LogP contribution in [0.15, 0.2) is 24.4 Å². The van der Waals surface area contributed by atoms with E-state index in [1.165, 1.54) is 11.5 Å². The minimum absolute atomic E-state index is 0.0556. The predicted molar refractivity (Wildman–Crippen MR) is 59.5 cm³/mol. The molecule has 0 aliphatic carbocycles. The van der Waals surface area contributed by atoms with Crippen LogP contribution in [-0.2, 0) is 6.42 Å². The summed E-state index contributed by atoms with van der Waals surface area (Å²) in [5, 5.41) is 3.95. The van der Waals surface area contributed by atoms with Crippen LogP contribution in [0, 0.1) is 6.92 Å². The molecule has 0 radical (unpaired) electrons. The number of hydrogen-bond donors (Lipinski definition) is 1. The molecule has 2 N–H and O–H groups in total. The number of nitrogens with zero attached hydrogens (tertiary/aromatic N) is 3. The van der Waals surface area contributed by atoms with Gasteiger partial charge >= 0.3 is 0 Å². The van der Waals surface area contributed by atoms with Crippen molar-refractivity contribution in [3.05, 3.63) is 40.7 Å². The molecule has 0 amide bonds. The van der Waals surface area contributed by atoms with Gasteiger partial charge in [0.2, 0.25) is 0 Å². The molecule has 0 spiro atoms. The smallest absolute Gasteiger partial charge is 0.0772 e. The molecule has 4 nitrogen and oxygen atoms in total. The average molecular weight is 220 g/mol. The van der Waals surface area contributed by atoms with Crippen molar-refractivity contribution in [2.75, 3.05) is 0 Å². The Hall–Kier alpha value is -1.33. The number of pyridine rings is 1. The first kappa shape index (κ1) is 10.2. The van der Waals surface area contributed by atoms with Crippen LogP contribution >= 0.6 is 11.5 Å². The maximum atomic E-state index is 6.06. The highest BCUT2D eigenvalue weighted by Gasteiger charge is 2.13. The fraction of sp³-hybridized carbons (Fsp3) is 0.300. The number of aryl methyl sites for hydroxylation is 1. The van der Waals surface area contributed by atoms with Crippen LogP contribution in [0.25, 0.3) is 0 Å². The summed E-state index contributed by atoms with van der Waals surface area (Å²) >= 11 is 1.36. The molecular formula is C10H12N4S. The van der Waals surface area contributed by atoms with Crippen molar-refractivity contribution in [1.82, 2.24) is 14.6 Å². The first-order chi connectivity index (χ1) is 7.27. The van der Waals surface area contributed by atoms with Crippen molar-refractivity contribution in [3.63, 3.8) is 0 Å². The third kappa shape index (κ3) is 2.37. The van der Waals surface area contributed by atoms with Gasteiger partial charge in [0.15, 0.2) is 0 Å². The highest BCUT2D eigenvalue weighted by Crippen LogP contribution is 2.20. The second-order valence-corrected chi connectivity index (χ2v) is 4.14. The van der Waals surface area contributed by atoms with Crippen LogP contribution in [0.3, 0.4) is 0 Å². The summed E-state index contributed by atoms with van der Waals surface area (Å²) in [7, 11) is 0. The summed E-state index contributed by atoms with van der Waals surface area (Å²) in [5.41, 5.74) is 7.98. The predicted octanol–water partition coefficient (Wildman–Crippen LogP) is 1.48. The fourth-order valence-corrected chi connectivity index (χ4v) is 2.06. The molecule has 1 unspecified atom stereocenters. The summed E-state index contributed by atoms with van der Waals surface area (Å²) in [5.74, 6) is 0. The molecule has 0 fully saturated rings. The molecule has 0 aliphatic rings. The molecule has 5 heteroatoms. The van der Waals surface area contributed by atoms with Crippen molar-refractivity contribution in [2.45, 2.75) is 19.4 Å². The van der Waals surface area contributed by atoms with E-state index in [0.717, 1.165) is 22.7 Å². The van der Waals surface area contributed by atoms with Crippen molar-refractivity contribution in [2.24, 2.45) is 5.73 Å². The lowest BCUT2D eigenvalue weighted by molar-refractivity contribution is 0.712. The van der Waals surface area contributed by atoms with Crippen molar-refractivity contribution < 1.29 is 0 Å². The van der Waals surface area contributed by atoms with E-state index in [-0.39, 0.29) is 6.04 Å². The first-order valence-electron chi connectivity index (χ1n) is 4.71. The third-order valence-electron chi connectivity index (χ3n) is 2.18. The average Bonchev–Trinajstić information content (AvgIpc) is 2.66. The fourth-order valence-electron chi connectivity index (χ4n) is 1.41. The SMILES string of the molecule is Cc1nnsc1C(N)Cc1ccccn1. The normalized spacial score (nSPS) is 12.7. The summed E-state index contributed by atoms with van der Waals surface area (Å²) in [6, 6.07) is 5.78. The van der Waals surface area contributed by atoms with Gasteiger partial charge in [-0.3, -0.25) is 4.98 Å². The molecule has 0 bridgehead atoms. The van der Waals surface area contributed by atoms with Gasteiger partial charge in [0.25, 0.3) is 0 Å². The van der Waals surface area contributed by atoms with E-state index in [9.17, 15) is 0 Å². The number of nitrogens with two attached hydrogens (primary N) is 1. The Kier molecular flexibility index (Phi) is 3.03. The zero-order chi connectivity index (χ0) is 10.7. The summed E-state index contributed by atoms with van der Waals surface area (Å²) in [6.45, 7) is 1.93. The topological polar surface area (TPSA) is 64.7 Å². The molecule has 0 aromatic carbocycles. The van der Waals surface area contributed by atoms with Gasteiger partial charge < -0.3 is 5.73 Å². The quantitative estimate of drug-likeness (QED) is 0.851. The Balaban J connectivity index is 2.11. The van der Waals surface area contributed by atoms with Gasteiger partial charge in [0.1, 0.15) is 0 Å². The van der Waals surface area contributed by atoms with Gasteiger partial charge in [-0.15, -0.1) is 5.10 Å². The van der Waals surface area contributed by atoms with Crippen LogP contribution in [0.5, 0.6) is 0 Å². The Labute approximate surface area is 92.3 Å². The first-order valence-corrected chi connectivity index (χ1v) is 5.49. The highest BCUT2D eigenvalue weighted by atomic mass is 32.1. The minimum Gasteiger partial charge on any atom is -0.323 e. The lowest BCUT2D eigenvalue weighted by atomic mass is 10.1. The summed E-state index contributed by atoms with van der Waals surface area (Å²) in [6.07, 6.45) is 2.51. The molecular weight excluding hydrogens is 208 g/mol. The second-order valence-electron chi connectivity index (χ2n) is 3.35. The lowest BCUT2D eigenvalue weighted by Crippen LogP contribution is -2.13. The van der Waals surface area contributed by atoms with Gasteiger partial charge in [0.05, 0.1) is 10.6 Å². The second kappa shape index (κ2) is 4.46. The standard InChI is InChI=1S/C10H12N4S/c1-7-10(15-14-13-7)9(11)6-8-4-2-3-5-12-8/h2-5,9H,6,11H2,1H3. The third-order valence-corrected chi connectivity index (χ3v) is 3.14. The van der Waals surface area contributed by atoms with Crippen LogP contribution < -0.4 is 5.73 Å². The van der Waals surface area contributed by atoms with E-state index in [4.69, 9.17) is 5.73 Å². The van der Waals surface area contributed by atoms with Crippen molar-refractivity contribution in [1.29, 1.82) is 0 Å². The van der Waals surface area contributed by atoms with Gasteiger partial charge in [-0.05, 0) is 30.6 Å². The van der Waals surface area contributed by atoms with Gasteiger partial charge in [-0.1, -0.05) is 10.6 Å². The van der Waals surface area contributed by atoms with E-state index in [1.807, 2.05) is 25.1 Å². The largest absolute Gasteiger partial charge is 0.323 e. The van der Waals surface area contributed by atoms with Crippen LogP contribution in [0.4, 0.5) is 0 Å². The van der Waals surface area contributed by atoms with E-state index in [1.54, 1.807) is 6.20 Å². The summed E-state index contributed by atoms with van der Waals surface area (Å²) < 4.78 is 3.88. The number of hydrogen-bond acceptors (Lipinski definition) is 5. The number of rotatable bonds is 3. The Morgan fingerprint density at radius 3 is 2.93 bits per heavy atom. The van der Waals surface area contributed by atoms with Crippen LogP contribution in [-0.4, -0.2) is 14.6 Å². The van der Waals surface area contributed by atoms with E-state index in [2.05, 4.69) is 14.6 Å². The van der Waals surface area contributed by atoms with Crippen LogP contribution in [0.1, 0.15) is 22.3 Å². The molecule has 15 heavy (non-hydrogen) atoms. The van der Waals surface area contributed by atoms with Gasteiger partial charge in [-0.25, -0.2) is 0 Å². The van der Waals surface area contributed by atoms with Gasteiger partial charge in [0, 0.05) is 24.4 Å². The molecule has 2 rings (SSSR count). The molecule has 2 aromatic rings. The Bertz CT molecular complexity index is 426. The minimum atomic E-state index is -0.0556. The van der Waals surface area contributed by atoms with Crippen molar-refractivity contribution in [3.8, 4) is 0 Å². The Morgan fingerprint density at radius 2 is 2.33 bits per heavy atom. The van der Waals surface area contributed by atoms with Crippen molar-refractivity contribution >= 4 is 11.5 Å². The zero-order valence-electron chi connectivity index (χ0n) is 8.42. The van der Waals surface area contributed by atoms with E-state index < -0.39 is 0 Å². The highest BCUT2D eigenvalue weighted by molar-refractivity contribution is 7.05. The van der Waals surface area contributed by atoms with Gasteiger partial charge in [-0.2, -0.15) is 0 Å². The summed E-state index contributed by atoms with van der Waals surface area (Å²) in [4.78, 5) is 5.28. The molecule has 2 aromatic heterocycles. The number of aromatic nitrogens is 3. The molecule has 0 aliphatic heterocycles. The molecule has 0 saturated carbocycles. The molecule has 0 saturated heterocycles. The lowest BCUT2D eigenvalue weighted by Gasteiger charge is -2.08. The molecule has 2 heterocycles. The Morgan fingerprint density at radius 1 is 1.47 bits per heavy atom. The molecule has 1 atom stereocenters.